The maximum Gasteiger partial charge on any atom is 0.320 e. The number of carbonyl (C=O) groups excluding carboxylic acids is 1. The van der Waals surface area contributed by atoms with E-state index < -0.39 is 0 Å². The van der Waals surface area contributed by atoms with Crippen LogP contribution < -0.4 is 16.0 Å². The van der Waals surface area contributed by atoms with Gasteiger partial charge in [0.1, 0.15) is 11.6 Å². The van der Waals surface area contributed by atoms with E-state index in [1.165, 1.54) is 0 Å². The average molecular weight is 302 g/mol. The second-order valence-corrected chi connectivity index (χ2v) is 4.92. The third kappa shape index (κ3) is 4.47. The van der Waals surface area contributed by atoms with Gasteiger partial charge in [-0.25, -0.2) is 14.5 Å². The number of pyridine rings is 1. The highest BCUT2D eigenvalue weighted by Crippen LogP contribution is 2.08. The number of aryl methyl sites for hydroxylation is 2. The highest BCUT2D eigenvalue weighted by atomic mass is 16.2. The summed E-state index contributed by atoms with van der Waals surface area (Å²) in [6.07, 6.45) is 4.38. The molecular formula is C15H22N6O. The Balaban J connectivity index is 1.72. The van der Waals surface area contributed by atoms with E-state index in [1.807, 2.05) is 19.1 Å². The number of anilines is 2. The van der Waals surface area contributed by atoms with Crippen LogP contribution in [0.1, 0.15) is 18.9 Å². The molecule has 0 bridgehead atoms. The molecule has 0 spiro atoms. The number of hydrogen-bond donors (Lipinski definition) is 3. The largest absolute Gasteiger partial charge is 0.368 e. The van der Waals surface area contributed by atoms with Gasteiger partial charge < -0.3 is 10.6 Å². The lowest BCUT2D eigenvalue weighted by molar-refractivity contribution is 0.252. The smallest absolute Gasteiger partial charge is 0.320 e. The summed E-state index contributed by atoms with van der Waals surface area (Å²) in [7, 11) is 0. The second-order valence-electron chi connectivity index (χ2n) is 4.92. The molecule has 0 aromatic carbocycles. The van der Waals surface area contributed by atoms with Gasteiger partial charge in [-0.3, -0.25) is 5.32 Å². The van der Waals surface area contributed by atoms with Crippen LogP contribution in [-0.4, -0.2) is 33.9 Å². The maximum absolute atomic E-state index is 11.8. The average Bonchev–Trinajstić information content (AvgIpc) is 2.93. The number of amides is 2. The number of hydrogen-bond acceptors (Lipinski definition) is 4. The Morgan fingerprint density at radius 3 is 2.91 bits per heavy atom. The fourth-order valence-corrected chi connectivity index (χ4v) is 2.02. The highest BCUT2D eigenvalue weighted by Gasteiger charge is 2.06. The van der Waals surface area contributed by atoms with Crippen molar-refractivity contribution in [2.24, 2.45) is 0 Å². The van der Waals surface area contributed by atoms with Crippen LogP contribution in [0.15, 0.2) is 30.6 Å². The van der Waals surface area contributed by atoms with Gasteiger partial charge in [0.15, 0.2) is 0 Å². The number of nitrogens with one attached hydrogen (secondary N) is 3. The van der Waals surface area contributed by atoms with Gasteiger partial charge in [0.2, 0.25) is 0 Å². The quantitative estimate of drug-likeness (QED) is 0.685. The first-order valence-electron chi connectivity index (χ1n) is 7.43. The van der Waals surface area contributed by atoms with Gasteiger partial charge in [-0.05, 0) is 25.0 Å². The number of carbonyl (C=O) groups is 1. The second kappa shape index (κ2) is 8.02. The molecule has 0 unspecified atom stereocenters. The fourth-order valence-electron chi connectivity index (χ4n) is 2.02. The summed E-state index contributed by atoms with van der Waals surface area (Å²) in [5.41, 5.74) is 1.08. The summed E-state index contributed by atoms with van der Waals surface area (Å²) >= 11 is 0. The number of rotatable bonds is 7. The zero-order valence-corrected chi connectivity index (χ0v) is 13.0. The predicted molar refractivity (Wildman–Crippen MR) is 87.0 cm³/mol. The normalized spacial score (nSPS) is 10.3. The Kier molecular flexibility index (Phi) is 5.76. The number of urea groups is 1. The van der Waals surface area contributed by atoms with E-state index >= 15 is 0 Å². The molecule has 2 aromatic rings. The van der Waals surface area contributed by atoms with Crippen molar-refractivity contribution in [3.63, 3.8) is 0 Å². The van der Waals surface area contributed by atoms with E-state index in [9.17, 15) is 4.79 Å². The van der Waals surface area contributed by atoms with Gasteiger partial charge in [-0.15, -0.1) is 0 Å². The highest BCUT2D eigenvalue weighted by molar-refractivity contribution is 5.88. The van der Waals surface area contributed by atoms with Crippen LogP contribution in [0, 0.1) is 6.92 Å². The van der Waals surface area contributed by atoms with Crippen molar-refractivity contribution < 1.29 is 4.79 Å². The lowest BCUT2D eigenvalue weighted by Gasteiger charge is -2.11. The van der Waals surface area contributed by atoms with E-state index in [0.717, 1.165) is 24.3 Å². The standard InChI is InChI=1S/C15H22N6O/c1-3-11-21-13(6-8-19-21)20-15(22)18-10-9-17-14-12(2)5-4-7-16-14/h4-8H,3,9-11H2,1-2H3,(H,16,17)(H2,18,20,22). The molecule has 0 radical (unpaired) electrons. The first-order valence-corrected chi connectivity index (χ1v) is 7.43. The summed E-state index contributed by atoms with van der Waals surface area (Å²) in [6.45, 7) is 5.95. The number of nitrogens with zero attached hydrogens (tertiary/aromatic N) is 3. The Morgan fingerprint density at radius 1 is 1.27 bits per heavy atom. The van der Waals surface area contributed by atoms with Crippen molar-refractivity contribution in [2.45, 2.75) is 26.8 Å². The van der Waals surface area contributed by atoms with Crippen LogP contribution in [0.3, 0.4) is 0 Å². The zero-order chi connectivity index (χ0) is 15.8. The van der Waals surface area contributed by atoms with Gasteiger partial charge >= 0.3 is 6.03 Å². The molecule has 0 aliphatic heterocycles. The summed E-state index contributed by atoms with van der Waals surface area (Å²) in [4.78, 5) is 16.1. The molecule has 2 heterocycles. The Bertz CT molecular complexity index is 610. The summed E-state index contributed by atoms with van der Waals surface area (Å²) in [5.74, 6) is 1.54. The molecule has 2 amide bonds. The van der Waals surface area contributed by atoms with Gasteiger partial charge in [-0.1, -0.05) is 13.0 Å². The van der Waals surface area contributed by atoms with Crippen molar-refractivity contribution in [1.82, 2.24) is 20.1 Å². The third-order valence-corrected chi connectivity index (χ3v) is 3.11. The minimum Gasteiger partial charge on any atom is -0.368 e. The van der Waals surface area contributed by atoms with Gasteiger partial charge in [0, 0.05) is 31.9 Å². The van der Waals surface area contributed by atoms with Crippen LogP contribution >= 0.6 is 0 Å². The Morgan fingerprint density at radius 2 is 2.14 bits per heavy atom. The molecular weight excluding hydrogens is 280 g/mol. The van der Waals surface area contributed by atoms with Gasteiger partial charge in [-0.2, -0.15) is 5.10 Å². The predicted octanol–water partition coefficient (Wildman–Crippen LogP) is 2.23. The molecule has 7 nitrogen and oxygen atoms in total. The molecule has 0 aliphatic carbocycles. The molecule has 0 saturated heterocycles. The van der Waals surface area contributed by atoms with Crippen molar-refractivity contribution in [3.8, 4) is 0 Å². The zero-order valence-electron chi connectivity index (χ0n) is 13.0. The molecule has 2 aromatic heterocycles. The van der Waals surface area contributed by atoms with Crippen LogP contribution in [0.25, 0.3) is 0 Å². The van der Waals surface area contributed by atoms with Crippen molar-refractivity contribution in [1.29, 1.82) is 0 Å². The van der Waals surface area contributed by atoms with E-state index in [2.05, 4.69) is 33.0 Å². The van der Waals surface area contributed by atoms with E-state index in [1.54, 1.807) is 23.1 Å². The lowest BCUT2D eigenvalue weighted by Crippen LogP contribution is -2.33. The maximum atomic E-state index is 11.8. The molecule has 22 heavy (non-hydrogen) atoms. The van der Waals surface area contributed by atoms with Crippen LogP contribution in [0.5, 0.6) is 0 Å². The first-order chi connectivity index (χ1) is 10.7. The molecule has 118 valence electrons. The van der Waals surface area contributed by atoms with Crippen LogP contribution in [0.2, 0.25) is 0 Å². The van der Waals surface area contributed by atoms with Crippen LogP contribution in [0.4, 0.5) is 16.4 Å². The summed E-state index contributed by atoms with van der Waals surface area (Å²) in [5, 5.41) is 12.9. The van der Waals surface area contributed by atoms with E-state index in [0.29, 0.717) is 18.9 Å². The van der Waals surface area contributed by atoms with Gasteiger partial charge in [0.25, 0.3) is 0 Å². The molecule has 0 fully saturated rings. The number of aromatic nitrogens is 3. The first kappa shape index (κ1) is 15.8. The lowest BCUT2D eigenvalue weighted by atomic mass is 10.3. The summed E-state index contributed by atoms with van der Waals surface area (Å²) in [6, 6.07) is 5.43. The SMILES string of the molecule is CCCn1nccc1NC(=O)NCCNc1ncccc1C. The van der Waals surface area contributed by atoms with E-state index in [4.69, 9.17) is 0 Å². The van der Waals surface area contributed by atoms with Crippen molar-refractivity contribution >= 4 is 17.7 Å². The van der Waals surface area contributed by atoms with Crippen molar-refractivity contribution in [3.05, 3.63) is 36.2 Å². The topological polar surface area (TPSA) is 83.9 Å². The molecule has 0 aliphatic rings. The minimum atomic E-state index is -0.239. The molecule has 2 rings (SSSR count). The minimum absolute atomic E-state index is 0.239. The van der Waals surface area contributed by atoms with Crippen LogP contribution in [-0.2, 0) is 6.54 Å². The van der Waals surface area contributed by atoms with Crippen molar-refractivity contribution in [2.75, 3.05) is 23.7 Å². The molecule has 0 atom stereocenters. The molecule has 0 saturated carbocycles. The third-order valence-electron chi connectivity index (χ3n) is 3.11. The van der Waals surface area contributed by atoms with Gasteiger partial charge in [0.05, 0.1) is 6.20 Å². The van der Waals surface area contributed by atoms with E-state index in [-0.39, 0.29) is 6.03 Å². The Hall–Kier alpha value is -2.57. The summed E-state index contributed by atoms with van der Waals surface area (Å²) < 4.78 is 1.77. The molecule has 7 heteroatoms. The Labute approximate surface area is 130 Å². The fraction of sp³-hybridized carbons (Fsp3) is 0.400. The molecule has 3 N–H and O–H groups in total. The monoisotopic (exact) mass is 302 g/mol.